The van der Waals surface area contributed by atoms with Crippen molar-refractivity contribution in [1.82, 2.24) is 9.78 Å². The summed E-state index contributed by atoms with van der Waals surface area (Å²) in [6, 6.07) is 0. The van der Waals surface area contributed by atoms with Gasteiger partial charge in [-0.05, 0) is 12.8 Å². The lowest BCUT2D eigenvalue weighted by atomic mass is 9.84. The maximum absolute atomic E-state index is 11.6. The molecule has 0 saturated heterocycles. The van der Waals surface area contributed by atoms with Crippen LogP contribution in [0.25, 0.3) is 0 Å². The molecular weight excluding hydrogens is 164 g/mol. The largest absolute Gasteiger partial charge is 0.299 e. The predicted molar refractivity (Wildman–Crippen MR) is 49.4 cm³/mol. The van der Waals surface area contributed by atoms with E-state index in [2.05, 4.69) is 5.10 Å². The van der Waals surface area contributed by atoms with Crippen molar-refractivity contribution in [3.8, 4) is 0 Å². The van der Waals surface area contributed by atoms with Gasteiger partial charge in [0.2, 0.25) is 0 Å². The molecule has 1 unspecified atom stereocenters. The Hall–Kier alpha value is -1.12. The third kappa shape index (κ3) is 1.64. The molecule has 2 rings (SSSR count). The van der Waals surface area contributed by atoms with Crippen LogP contribution in [0.5, 0.6) is 0 Å². The first kappa shape index (κ1) is 8.48. The molecule has 13 heavy (non-hydrogen) atoms. The van der Waals surface area contributed by atoms with Gasteiger partial charge in [-0.3, -0.25) is 9.48 Å². The molecule has 0 aromatic carbocycles. The summed E-state index contributed by atoms with van der Waals surface area (Å²) in [7, 11) is 1.89. The van der Waals surface area contributed by atoms with Gasteiger partial charge in [-0.1, -0.05) is 6.42 Å². The highest BCUT2D eigenvalue weighted by atomic mass is 16.1. The minimum absolute atomic E-state index is 0.127. The molecule has 0 N–H and O–H groups in total. The van der Waals surface area contributed by atoms with Gasteiger partial charge in [0.15, 0.2) is 0 Å². The summed E-state index contributed by atoms with van der Waals surface area (Å²) in [5.74, 6) is 0.515. The first-order chi connectivity index (χ1) is 6.27. The number of Topliss-reactive ketones (excluding diaryl/α,β-unsaturated/α-hetero) is 1. The Labute approximate surface area is 77.7 Å². The molecule has 1 saturated carbocycles. The van der Waals surface area contributed by atoms with Crippen molar-refractivity contribution < 1.29 is 4.79 Å². The summed E-state index contributed by atoms with van der Waals surface area (Å²) in [6.45, 7) is 0. The zero-order valence-corrected chi connectivity index (χ0v) is 7.86. The summed E-state index contributed by atoms with van der Waals surface area (Å²) >= 11 is 0. The van der Waals surface area contributed by atoms with Gasteiger partial charge < -0.3 is 0 Å². The van der Waals surface area contributed by atoms with Crippen LogP contribution in [0.1, 0.15) is 37.2 Å². The third-order valence-electron chi connectivity index (χ3n) is 2.68. The van der Waals surface area contributed by atoms with E-state index in [4.69, 9.17) is 0 Å². The second kappa shape index (κ2) is 3.32. The van der Waals surface area contributed by atoms with Crippen molar-refractivity contribution in [2.75, 3.05) is 0 Å². The maximum Gasteiger partial charge on any atom is 0.140 e. The highest BCUT2D eigenvalue weighted by Crippen LogP contribution is 2.29. The number of aromatic nitrogens is 2. The minimum Gasteiger partial charge on any atom is -0.299 e. The molecule has 0 amide bonds. The number of carbonyl (C=O) groups is 1. The monoisotopic (exact) mass is 178 g/mol. The Morgan fingerprint density at radius 2 is 2.38 bits per heavy atom. The molecule has 3 nitrogen and oxygen atoms in total. The Morgan fingerprint density at radius 1 is 1.54 bits per heavy atom. The minimum atomic E-state index is 0.127. The number of rotatable bonds is 1. The molecule has 70 valence electrons. The Balaban J connectivity index is 2.19. The SMILES string of the molecule is Cn1cc(C2CCCCC2=O)cn1. The molecule has 0 bridgehead atoms. The van der Waals surface area contributed by atoms with E-state index in [0.717, 1.165) is 24.8 Å². The van der Waals surface area contributed by atoms with Crippen LogP contribution in [0, 0.1) is 0 Å². The number of aryl methyl sites for hydroxylation is 1. The van der Waals surface area contributed by atoms with Crippen LogP contribution >= 0.6 is 0 Å². The van der Waals surface area contributed by atoms with Gasteiger partial charge in [-0.25, -0.2) is 0 Å². The summed E-state index contributed by atoms with van der Waals surface area (Å²) in [6.07, 6.45) is 7.76. The number of nitrogens with zero attached hydrogens (tertiary/aromatic N) is 2. The van der Waals surface area contributed by atoms with Gasteiger partial charge in [-0.2, -0.15) is 5.10 Å². The van der Waals surface area contributed by atoms with Gasteiger partial charge in [0.25, 0.3) is 0 Å². The zero-order valence-electron chi connectivity index (χ0n) is 7.86. The molecular formula is C10H14N2O. The summed E-state index contributed by atoms with van der Waals surface area (Å²) in [4.78, 5) is 11.6. The lowest BCUT2D eigenvalue weighted by Crippen LogP contribution is -2.16. The Bertz CT molecular complexity index is 316. The molecule has 1 aromatic rings. The molecule has 1 heterocycles. The van der Waals surface area contributed by atoms with Crippen LogP contribution < -0.4 is 0 Å². The van der Waals surface area contributed by atoms with Crippen molar-refractivity contribution in [3.63, 3.8) is 0 Å². The molecule has 0 aliphatic heterocycles. The van der Waals surface area contributed by atoms with E-state index >= 15 is 0 Å². The molecule has 3 heteroatoms. The van der Waals surface area contributed by atoms with Gasteiger partial charge in [0.05, 0.1) is 6.20 Å². The second-order valence-electron chi connectivity index (χ2n) is 3.71. The number of ketones is 1. The van der Waals surface area contributed by atoms with Crippen LogP contribution in [0.4, 0.5) is 0 Å². The maximum atomic E-state index is 11.6. The number of hydrogen-bond acceptors (Lipinski definition) is 2. The topological polar surface area (TPSA) is 34.9 Å². The van der Waals surface area contributed by atoms with E-state index in [9.17, 15) is 4.79 Å². The van der Waals surface area contributed by atoms with Crippen molar-refractivity contribution in [2.45, 2.75) is 31.6 Å². The van der Waals surface area contributed by atoms with E-state index in [1.54, 1.807) is 4.68 Å². The van der Waals surface area contributed by atoms with Gasteiger partial charge in [-0.15, -0.1) is 0 Å². The van der Waals surface area contributed by atoms with Crippen LogP contribution in [0.2, 0.25) is 0 Å². The van der Waals surface area contributed by atoms with E-state index in [-0.39, 0.29) is 5.92 Å². The third-order valence-corrected chi connectivity index (χ3v) is 2.68. The lowest BCUT2D eigenvalue weighted by Gasteiger charge is -2.18. The number of carbonyl (C=O) groups excluding carboxylic acids is 1. The fourth-order valence-electron chi connectivity index (χ4n) is 1.96. The molecule has 1 aliphatic carbocycles. The van der Waals surface area contributed by atoms with E-state index in [1.165, 1.54) is 6.42 Å². The zero-order chi connectivity index (χ0) is 9.26. The average Bonchev–Trinajstić information content (AvgIpc) is 2.53. The van der Waals surface area contributed by atoms with Crippen molar-refractivity contribution >= 4 is 5.78 Å². The van der Waals surface area contributed by atoms with Crippen LogP contribution in [-0.4, -0.2) is 15.6 Å². The highest BCUT2D eigenvalue weighted by molar-refractivity contribution is 5.86. The molecule has 1 aromatic heterocycles. The molecule has 1 fully saturated rings. The first-order valence-electron chi connectivity index (χ1n) is 4.78. The standard InChI is InChI=1S/C10H14N2O/c1-12-7-8(6-11-12)9-4-2-3-5-10(9)13/h6-7,9H,2-5H2,1H3. The Morgan fingerprint density at radius 3 is 3.00 bits per heavy atom. The van der Waals surface area contributed by atoms with Crippen LogP contribution in [-0.2, 0) is 11.8 Å². The van der Waals surface area contributed by atoms with E-state index in [1.807, 2.05) is 19.4 Å². The summed E-state index contributed by atoms with van der Waals surface area (Å²) in [5, 5.41) is 4.09. The first-order valence-corrected chi connectivity index (χ1v) is 4.78. The lowest BCUT2D eigenvalue weighted by molar-refractivity contribution is -0.121. The molecule has 0 spiro atoms. The molecule has 1 atom stereocenters. The van der Waals surface area contributed by atoms with Gasteiger partial charge >= 0.3 is 0 Å². The molecule has 0 radical (unpaired) electrons. The number of hydrogen-bond donors (Lipinski definition) is 0. The van der Waals surface area contributed by atoms with Gasteiger partial charge in [0, 0.05) is 31.1 Å². The summed E-state index contributed by atoms with van der Waals surface area (Å²) in [5.41, 5.74) is 1.09. The Kier molecular flexibility index (Phi) is 2.17. The highest BCUT2D eigenvalue weighted by Gasteiger charge is 2.24. The van der Waals surface area contributed by atoms with Crippen molar-refractivity contribution in [2.24, 2.45) is 7.05 Å². The second-order valence-corrected chi connectivity index (χ2v) is 3.71. The normalized spacial score (nSPS) is 23.5. The van der Waals surface area contributed by atoms with Crippen LogP contribution in [0.3, 0.4) is 0 Å². The fraction of sp³-hybridized carbons (Fsp3) is 0.600. The predicted octanol–water partition coefficient (Wildman–Crippen LogP) is 1.65. The van der Waals surface area contributed by atoms with Gasteiger partial charge in [0.1, 0.15) is 5.78 Å². The molecule has 1 aliphatic rings. The summed E-state index contributed by atoms with van der Waals surface area (Å²) < 4.78 is 1.76. The van der Waals surface area contributed by atoms with Crippen LogP contribution in [0.15, 0.2) is 12.4 Å². The quantitative estimate of drug-likeness (QED) is 0.655. The average molecular weight is 178 g/mol. The van der Waals surface area contributed by atoms with Crippen molar-refractivity contribution in [1.29, 1.82) is 0 Å². The fourth-order valence-corrected chi connectivity index (χ4v) is 1.96. The smallest absolute Gasteiger partial charge is 0.140 e. The van der Waals surface area contributed by atoms with E-state index in [0.29, 0.717) is 5.78 Å². The van der Waals surface area contributed by atoms with Crippen molar-refractivity contribution in [3.05, 3.63) is 18.0 Å². The van der Waals surface area contributed by atoms with E-state index < -0.39 is 0 Å².